The molecule has 2 fully saturated rings. The number of carbonyl (C=O) groups is 1. The highest BCUT2D eigenvalue weighted by molar-refractivity contribution is 5.93. The van der Waals surface area contributed by atoms with Crippen LogP contribution >= 0.6 is 0 Å². The summed E-state index contributed by atoms with van der Waals surface area (Å²) in [6.07, 6.45) is 9.93. The lowest BCUT2D eigenvalue weighted by Gasteiger charge is -2.31. The van der Waals surface area contributed by atoms with Crippen molar-refractivity contribution in [3.8, 4) is 0 Å². The normalized spacial score (nSPS) is 23.3. The van der Waals surface area contributed by atoms with E-state index in [1.165, 1.54) is 32.1 Å². The van der Waals surface area contributed by atoms with Gasteiger partial charge in [0.2, 0.25) is 11.9 Å². The minimum Gasteiger partial charge on any atom is -0.356 e. The zero-order valence-corrected chi connectivity index (χ0v) is 14.0. The topological polar surface area (TPSA) is 61.4 Å². The largest absolute Gasteiger partial charge is 0.356 e. The zero-order chi connectivity index (χ0) is 16.1. The number of likely N-dealkylation sites (tertiary alicyclic amines) is 1. The molecular formula is C17H27N5O. The molecule has 0 aliphatic carbocycles. The fourth-order valence-corrected chi connectivity index (χ4v) is 3.49. The number of carbonyl (C=O) groups excluding carboxylic acids is 1. The highest BCUT2D eigenvalue weighted by Gasteiger charge is 2.26. The van der Waals surface area contributed by atoms with E-state index in [0.29, 0.717) is 5.95 Å². The first kappa shape index (κ1) is 16.2. The minimum absolute atomic E-state index is 0.0141. The molecule has 1 unspecified atom stereocenters. The van der Waals surface area contributed by atoms with Gasteiger partial charge in [-0.15, -0.1) is 0 Å². The molecule has 1 amide bonds. The standard InChI is InChI=1S/C17H27N5O/c1-21-11-7-4-8-14(21)16(23)20-17-18-10-9-15(19-17)22-12-5-2-3-6-13-22/h9-10,14H,2-8,11-13H2,1H3,(H,18,19,20,23). The highest BCUT2D eigenvalue weighted by atomic mass is 16.2. The summed E-state index contributed by atoms with van der Waals surface area (Å²) in [6.45, 7) is 3.05. The van der Waals surface area contributed by atoms with Crippen LogP contribution in [-0.4, -0.2) is 53.5 Å². The number of piperidine rings is 1. The number of nitrogens with zero attached hydrogens (tertiary/aromatic N) is 4. The second kappa shape index (κ2) is 7.73. The van der Waals surface area contributed by atoms with Crippen molar-refractivity contribution in [1.82, 2.24) is 14.9 Å². The predicted octanol–water partition coefficient (Wildman–Crippen LogP) is 2.28. The number of amides is 1. The number of likely N-dealkylation sites (N-methyl/N-ethyl adjacent to an activating group) is 1. The Morgan fingerprint density at radius 3 is 2.61 bits per heavy atom. The number of anilines is 2. The zero-order valence-electron chi connectivity index (χ0n) is 14.0. The number of rotatable bonds is 3. The minimum atomic E-state index is -0.0609. The fraction of sp³-hybridized carbons (Fsp3) is 0.706. The third kappa shape index (κ3) is 4.19. The molecule has 1 atom stereocenters. The Morgan fingerprint density at radius 1 is 1.13 bits per heavy atom. The van der Waals surface area contributed by atoms with Crippen LogP contribution in [0.1, 0.15) is 44.9 Å². The van der Waals surface area contributed by atoms with Crippen LogP contribution in [0.15, 0.2) is 12.3 Å². The van der Waals surface area contributed by atoms with Crippen LogP contribution in [0, 0.1) is 0 Å². The molecule has 0 aromatic carbocycles. The number of nitrogens with one attached hydrogen (secondary N) is 1. The summed E-state index contributed by atoms with van der Waals surface area (Å²) in [6, 6.07) is 1.88. The summed E-state index contributed by atoms with van der Waals surface area (Å²) in [7, 11) is 2.01. The van der Waals surface area contributed by atoms with Crippen molar-refractivity contribution in [1.29, 1.82) is 0 Å². The lowest BCUT2D eigenvalue weighted by molar-refractivity contribution is -0.121. The van der Waals surface area contributed by atoms with Crippen molar-refractivity contribution in [3.63, 3.8) is 0 Å². The average molecular weight is 317 g/mol. The van der Waals surface area contributed by atoms with Gasteiger partial charge in [-0.25, -0.2) is 4.98 Å². The van der Waals surface area contributed by atoms with Crippen LogP contribution in [0.2, 0.25) is 0 Å². The van der Waals surface area contributed by atoms with Crippen molar-refractivity contribution in [2.24, 2.45) is 0 Å². The van der Waals surface area contributed by atoms with Crippen LogP contribution in [-0.2, 0) is 4.79 Å². The Kier molecular flexibility index (Phi) is 5.43. The van der Waals surface area contributed by atoms with E-state index in [-0.39, 0.29) is 11.9 Å². The predicted molar refractivity (Wildman–Crippen MR) is 91.6 cm³/mol. The molecule has 3 heterocycles. The molecule has 3 rings (SSSR count). The Hall–Kier alpha value is -1.69. The fourth-order valence-electron chi connectivity index (χ4n) is 3.49. The Bertz CT molecular complexity index is 527. The molecule has 1 N–H and O–H groups in total. The van der Waals surface area contributed by atoms with Gasteiger partial charge in [0.1, 0.15) is 5.82 Å². The van der Waals surface area contributed by atoms with Gasteiger partial charge in [0, 0.05) is 19.3 Å². The van der Waals surface area contributed by atoms with E-state index in [1.807, 2.05) is 13.1 Å². The van der Waals surface area contributed by atoms with E-state index in [1.54, 1.807) is 6.20 Å². The first-order chi connectivity index (χ1) is 11.2. The number of aromatic nitrogens is 2. The Labute approximate surface area is 138 Å². The van der Waals surface area contributed by atoms with Crippen molar-refractivity contribution >= 4 is 17.7 Å². The molecule has 0 saturated carbocycles. The summed E-state index contributed by atoms with van der Waals surface area (Å²) in [5.41, 5.74) is 0. The molecule has 126 valence electrons. The van der Waals surface area contributed by atoms with Gasteiger partial charge in [-0.2, -0.15) is 4.98 Å². The lowest BCUT2D eigenvalue weighted by Crippen LogP contribution is -2.45. The number of hydrogen-bond acceptors (Lipinski definition) is 5. The van der Waals surface area contributed by atoms with E-state index in [4.69, 9.17) is 0 Å². The van der Waals surface area contributed by atoms with Crippen molar-refractivity contribution < 1.29 is 4.79 Å². The smallest absolute Gasteiger partial charge is 0.244 e. The summed E-state index contributed by atoms with van der Waals surface area (Å²) in [5.74, 6) is 1.37. The van der Waals surface area contributed by atoms with Crippen LogP contribution in [0.3, 0.4) is 0 Å². The van der Waals surface area contributed by atoms with Crippen LogP contribution < -0.4 is 10.2 Å². The molecule has 1 aromatic heterocycles. The first-order valence-corrected chi connectivity index (χ1v) is 8.83. The van der Waals surface area contributed by atoms with Crippen molar-refractivity contribution in [2.75, 3.05) is 36.9 Å². The van der Waals surface area contributed by atoms with Gasteiger partial charge < -0.3 is 4.90 Å². The van der Waals surface area contributed by atoms with Gasteiger partial charge >= 0.3 is 0 Å². The van der Waals surface area contributed by atoms with E-state index in [0.717, 1.165) is 38.3 Å². The van der Waals surface area contributed by atoms with Crippen LogP contribution in [0.4, 0.5) is 11.8 Å². The second-order valence-electron chi connectivity index (χ2n) is 6.62. The molecule has 0 spiro atoms. The summed E-state index contributed by atoms with van der Waals surface area (Å²) >= 11 is 0. The number of hydrogen-bond donors (Lipinski definition) is 1. The summed E-state index contributed by atoms with van der Waals surface area (Å²) in [4.78, 5) is 25.7. The van der Waals surface area contributed by atoms with Gasteiger partial charge in [0.05, 0.1) is 6.04 Å². The molecule has 1 aromatic rings. The SMILES string of the molecule is CN1CCCCC1C(=O)Nc1nccc(N2CCCCCC2)n1. The summed E-state index contributed by atoms with van der Waals surface area (Å²) < 4.78 is 0. The molecule has 2 aliphatic rings. The van der Waals surface area contributed by atoms with E-state index in [2.05, 4.69) is 25.1 Å². The Balaban J connectivity index is 1.65. The quantitative estimate of drug-likeness (QED) is 0.927. The molecular weight excluding hydrogens is 290 g/mol. The van der Waals surface area contributed by atoms with E-state index < -0.39 is 0 Å². The average Bonchev–Trinajstić information content (AvgIpc) is 2.85. The monoisotopic (exact) mass is 317 g/mol. The Morgan fingerprint density at radius 2 is 1.87 bits per heavy atom. The third-order valence-corrected chi connectivity index (χ3v) is 4.88. The highest BCUT2D eigenvalue weighted by Crippen LogP contribution is 2.19. The molecule has 6 heteroatoms. The molecule has 0 bridgehead atoms. The molecule has 2 aliphatic heterocycles. The van der Waals surface area contributed by atoms with Gasteiger partial charge in [-0.05, 0) is 45.3 Å². The third-order valence-electron chi connectivity index (χ3n) is 4.88. The summed E-state index contributed by atoms with van der Waals surface area (Å²) in [5, 5.41) is 2.91. The molecule has 6 nitrogen and oxygen atoms in total. The lowest BCUT2D eigenvalue weighted by atomic mass is 10.0. The van der Waals surface area contributed by atoms with Gasteiger partial charge in [0.25, 0.3) is 0 Å². The van der Waals surface area contributed by atoms with Gasteiger partial charge in [-0.3, -0.25) is 15.0 Å². The maximum Gasteiger partial charge on any atom is 0.244 e. The van der Waals surface area contributed by atoms with Gasteiger partial charge in [0.15, 0.2) is 0 Å². The molecule has 2 saturated heterocycles. The van der Waals surface area contributed by atoms with Crippen molar-refractivity contribution in [3.05, 3.63) is 12.3 Å². The van der Waals surface area contributed by atoms with Gasteiger partial charge in [-0.1, -0.05) is 19.3 Å². The molecule has 0 radical (unpaired) electrons. The maximum absolute atomic E-state index is 12.5. The molecule has 23 heavy (non-hydrogen) atoms. The first-order valence-electron chi connectivity index (χ1n) is 8.83. The van der Waals surface area contributed by atoms with Crippen LogP contribution in [0.5, 0.6) is 0 Å². The van der Waals surface area contributed by atoms with E-state index >= 15 is 0 Å². The maximum atomic E-state index is 12.5. The second-order valence-corrected chi connectivity index (χ2v) is 6.62. The van der Waals surface area contributed by atoms with Crippen molar-refractivity contribution in [2.45, 2.75) is 51.0 Å². The van der Waals surface area contributed by atoms with Crippen LogP contribution in [0.25, 0.3) is 0 Å². The van der Waals surface area contributed by atoms with E-state index in [9.17, 15) is 4.79 Å².